The maximum atomic E-state index is 12.3. The third kappa shape index (κ3) is 5.26. The van der Waals surface area contributed by atoms with Gasteiger partial charge in [0.2, 0.25) is 0 Å². The Labute approximate surface area is 176 Å². The molecule has 7 nitrogen and oxygen atoms in total. The second-order valence-electron chi connectivity index (χ2n) is 6.80. The number of carbonyl (C=O) groups excluding carboxylic acids is 1. The van der Waals surface area contributed by atoms with E-state index in [4.69, 9.17) is 9.47 Å². The lowest BCUT2D eigenvalue weighted by atomic mass is 10.1. The predicted octanol–water partition coefficient (Wildman–Crippen LogP) is 3.78. The second-order valence-corrected chi connectivity index (χ2v) is 6.80. The number of aromatic nitrogens is 2. The normalized spacial score (nSPS) is 10.9. The van der Waals surface area contributed by atoms with Gasteiger partial charge in [-0.1, -0.05) is 12.1 Å². The Kier molecular flexibility index (Phi) is 6.85. The first-order valence-electron chi connectivity index (χ1n) is 9.76. The Balaban J connectivity index is 1.53. The minimum absolute atomic E-state index is 0.274. The van der Waals surface area contributed by atoms with E-state index in [0.717, 1.165) is 34.0 Å². The number of nitrogens with zero attached hydrogens (tertiary/aromatic N) is 3. The van der Waals surface area contributed by atoms with Crippen molar-refractivity contribution in [3.8, 4) is 11.5 Å². The number of ether oxygens (including phenoxy) is 2. The highest BCUT2D eigenvalue weighted by molar-refractivity contribution is 5.95. The first kappa shape index (κ1) is 21.1. The van der Waals surface area contributed by atoms with Gasteiger partial charge in [-0.2, -0.15) is 10.2 Å². The molecule has 3 rings (SSSR count). The summed E-state index contributed by atoms with van der Waals surface area (Å²) in [7, 11) is 1.87. The van der Waals surface area contributed by atoms with E-state index in [2.05, 4.69) is 15.6 Å². The number of hydrogen-bond acceptors (Lipinski definition) is 5. The van der Waals surface area contributed by atoms with Crippen molar-refractivity contribution in [2.75, 3.05) is 6.61 Å². The lowest BCUT2D eigenvalue weighted by molar-refractivity contribution is 0.0955. The number of amides is 1. The van der Waals surface area contributed by atoms with Crippen molar-refractivity contribution < 1.29 is 14.3 Å². The van der Waals surface area contributed by atoms with E-state index < -0.39 is 0 Å². The summed E-state index contributed by atoms with van der Waals surface area (Å²) in [6.45, 7) is 6.85. The number of rotatable bonds is 8. The van der Waals surface area contributed by atoms with Crippen molar-refractivity contribution >= 4 is 12.1 Å². The van der Waals surface area contributed by atoms with Crippen LogP contribution in [0.3, 0.4) is 0 Å². The van der Waals surface area contributed by atoms with Crippen molar-refractivity contribution in [3.05, 3.63) is 76.6 Å². The minimum atomic E-state index is -0.274. The largest absolute Gasteiger partial charge is 0.494 e. The van der Waals surface area contributed by atoms with Crippen LogP contribution in [0.5, 0.6) is 11.5 Å². The molecular formula is C23H26N4O3. The average Bonchev–Trinajstić information content (AvgIpc) is 2.99. The SMILES string of the molecule is CCOc1ccc(OCc2ccc(C(=O)N/N=C\c3c(C)nn(C)c3C)cc2)cc1. The molecule has 1 heterocycles. The molecule has 0 saturated heterocycles. The summed E-state index contributed by atoms with van der Waals surface area (Å²) in [5.74, 6) is 1.30. The Hall–Kier alpha value is -3.61. The van der Waals surface area contributed by atoms with Gasteiger partial charge in [0.15, 0.2) is 0 Å². The van der Waals surface area contributed by atoms with Gasteiger partial charge >= 0.3 is 0 Å². The zero-order valence-corrected chi connectivity index (χ0v) is 17.7. The van der Waals surface area contributed by atoms with Gasteiger partial charge in [-0.25, -0.2) is 5.43 Å². The molecule has 0 saturated carbocycles. The molecule has 0 unspecified atom stereocenters. The molecule has 7 heteroatoms. The van der Waals surface area contributed by atoms with Crippen molar-refractivity contribution in [3.63, 3.8) is 0 Å². The number of hydrogen-bond donors (Lipinski definition) is 1. The average molecular weight is 406 g/mol. The monoisotopic (exact) mass is 406 g/mol. The molecule has 1 N–H and O–H groups in total. The first-order chi connectivity index (χ1) is 14.5. The number of aryl methyl sites for hydroxylation is 2. The van der Waals surface area contributed by atoms with Crippen LogP contribution in [-0.4, -0.2) is 28.5 Å². The van der Waals surface area contributed by atoms with Crippen molar-refractivity contribution in [1.82, 2.24) is 15.2 Å². The van der Waals surface area contributed by atoms with Crippen LogP contribution in [0.15, 0.2) is 53.6 Å². The molecule has 30 heavy (non-hydrogen) atoms. The lowest BCUT2D eigenvalue weighted by Gasteiger charge is -2.08. The molecule has 0 spiro atoms. The van der Waals surface area contributed by atoms with Gasteiger partial charge in [0, 0.05) is 23.9 Å². The topological polar surface area (TPSA) is 77.7 Å². The fraction of sp³-hybridized carbons (Fsp3) is 0.261. The van der Waals surface area contributed by atoms with Crippen LogP contribution in [0.25, 0.3) is 0 Å². The van der Waals surface area contributed by atoms with Gasteiger partial charge in [-0.05, 0) is 62.7 Å². The van der Waals surface area contributed by atoms with E-state index >= 15 is 0 Å². The quantitative estimate of drug-likeness (QED) is 0.456. The van der Waals surface area contributed by atoms with Crippen LogP contribution in [0.1, 0.15) is 39.8 Å². The van der Waals surface area contributed by atoms with Crippen LogP contribution in [0.4, 0.5) is 0 Å². The van der Waals surface area contributed by atoms with Gasteiger partial charge in [-0.15, -0.1) is 0 Å². The summed E-state index contributed by atoms with van der Waals surface area (Å²) in [5, 5.41) is 8.38. The number of hydrazone groups is 1. The van der Waals surface area contributed by atoms with Crippen LogP contribution in [-0.2, 0) is 13.7 Å². The highest BCUT2D eigenvalue weighted by Crippen LogP contribution is 2.19. The van der Waals surface area contributed by atoms with Gasteiger partial charge in [0.25, 0.3) is 5.91 Å². The summed E-state index contributed by atoms with van der Waals surface area (Å²) in [5.41, 5.74) is 6.80. The van der Waals surface area contributed by atoms with Crippen LogP contribution < -0.4 is 14.9 Å². The Morgan fingerprint density at radius 2 is 1.70 bits per heavy atom. The Bertz CT molecular complexity index is 1020. The number of nitrogens with one attached hydrogen (secondary N) is 1. The molecule has 1 amide bonds. The molecule has 2 aromatic carbocycles. The zero-order chi connectivity index (χ0) is 21.5. The molecule has 0 aliphatic carbocycles. The smallest absolute Gasteiger partial charge is 0.271 e. The summed E-state index contributed by atoms with van der Waals surface area (Å²) in [6.07, 6.45) is 1.62. The van der Waals surface area contributed by atoms with E-state index in [1.165, 1.54) is 0 Å². The molecule has 0 radical (unpaired) electrons. The van der Waals surface area contributed by atoms with Crippen LogP contribution in [0, 0.1) is 13.8 Å². The van der Waals surface area contributed by atoms with Crippen molar-refractivity contribution in [1.29, 1.82) is 0 Å². The van der Waals surface area contributed by atoms with Crippen molar-refractivity contribution in [2.24, 2.45) is 12.1 Å². The number of carbonyl (C=O) groups is 1. The molecule has 0 aliphatic heterocycles. The predicted molar refractivity (Wildman–Crippen MR) is 116 cm³/mol. The van der Waals surface area contributed by atoms with Gasteiger partial charge in [-0.3, -0.25) is 9.48 Å². The minimum Gasteiger partial charge on any atom is -0.494 e. The summed E-state index contributed by atoms with van der Waals surface area (Å²) >= 11 is 0. The highest BCUT2D eigenvalue weighted by Gasteiger charge is 2.08. The van der Waals surface area contributed by atoms with E-state index in [9.17, 15) is 4.79 Å². The Morgan fingerprint density at radius 3 is 2.27 bits per heavy atom. The fourth-order valence-electron chi connectivity index (χ4n) is 2.91. The summed E-state index contributed by atoms with van der Waals surface area (Å²) in [4.78, 5) is 12.3. The Morgan fingerprint density at radius 1 is 1.07 bits per heavy atom. The molecule has 0 aliphatic rings. The molecular weight excluding hydrogens is 380 g/mol. The lowest BCUT2D eigenvalue weighted by Crippen LogP contribution is -2.17. The van der Waals surface area contributed by atoms with Gasteiger partial charge in [0.1, 0.15) is 18.1 Å². The molecule has 3 aromatic rings. The summed E-state index contributed by atoms with van der Waals surface area (Å²) < 4.78 is 13.0. The van der Waals surface area contributed by atoms with Crippen LogP contribution >= 0.6 is 0 Å². The van der Waals surface area contributed by atoms with Crippen molar-refractivity contribution in [2.45, 2.75) is 27.4 Å². The summed E-state index contributed by atoms with van der Waals surface area (Å²) in [6, 6.07) is 14.7. The maximum absolute atomic E-state index is 12.3. The third-order valence-corrected chi connectivity index (χ3v) is 4.68. The standard InChI is InChI=1S/C23H26N4O3/c1-5-29-20-10-12-21(13-11-20)30-15-18-6-8-19(9-7-18)23(28)25-24-14-22-16(2)26-27(4)17(22)3/h6-14H,5,15H2,1-4H3,(H,25,28)/b24-14-. The van der Waals surface area contributed by atoms with Crippen LogP contribution in [0.2, 0.25) is 0 Å². The highest BCUT2D eigenvalue weighted by atomic mass is 16.5. The maximum Gasteiger partial charge on any atom is 0.271 e. The van der Waals surface area contributed by atoms with Gasteiger partial charge < -0.3 is 9.47 Å². The number of benzene rings is 2. The fourth-order valence-corrected chi connectivity index (χ4v) is 2.91. The molecule has 0 fully saturated rings. The van der Waals surface area contributed by atoms with Gasteiger partial charge in [0.05, 0.1) is 18.5 Å². The van der Waals surface area contributed by atoms with E-state index in [1.807, 2.05) is 64.2 Å². The molecule has 0 atom stereocenters. The molecule has 0 bridgehead atoms. The van der Waals surface area contributed by atoms with E-state index in [0.29, 0.717) is 18.8 Å². The van der Waals surface area contributed by atoms with E-state index in [-0.39, 0.29) is 5.91 Å². The molecule has 156 valence electrons. The zero-order valence-electron chi connectivity index (χ0n) is 17.7. The second kappa shape index (κ2) is 9.73. The van der Waals surface area contributed by atoms with E-state index in [1.54, 1.807) is 23.0 Å². The third-order valence-electron chi connectivity index (χ3n) is 4.68. The first-order valence-corrected chi connectivity index (χ1v) is 9.76. The molecule has 1 aromatic heterocycles.